The highest BCUT2D eigenvalue weighted by Gasteiger charge is 2.23. The maximum atomic E-state index is 14.7. The summed E-state index contributed by atoms with van der Waals surface area (Å²) in [5.74, 6) is 0.847. The highest BCUT2D eigenvalue weighted by molar-refractivity contribution is 5.38. The zero-order chi connectivity index (χ0) is 20.5. The number of hydrogen-bond acceptors (Lipinski definition) is 2. The highest BCUT2D eigenvalue weighted by atomic mass is 19.1. The van der Waals surface area contributed by atoms with Crippen molar-refractivity contribution >= 4 is 0 Å². The Balaban J connectivity index is 1.31. The summed E-state index contributed by atoms with van der Waals surface area (Å²) in [6.45, 7) is 15.0. The van der Waals surface area contributed by atoms with Crippen molar-refractivity contribution in [3.05, 3.63) is 69.5 Å². The van der Waals surface area contributed by atoms with Crippen LogP contribution in [0.3, 0.4) is 0 Å². The summed E-state index contributed by atoms with van der Waals surface area (Å²) in [6, 6.07) is 10.9. The first-order chi connectivity index (χ1) is 13.9. The van der Waals surface area contributed by atoms with Crippen molar-refractivity contribution in [2.45, 2.75) is 78.6 Å². The molecule has 0 fully saturated rings. The van der Waals surface area contributed by atoms with Crippen LogP contribution in [0.15, 0.2) is 30.3 Å². The molecule has 0 aromatic heterocycles. The quantitative estimate of drug-likeness (QED) is 0.553. The fraction of sp³-hybridized carbons (Fsp3) is 0.538. The van der Waals surface area contributed by atoms with E-state index in [1.807, 2.05) is 0 Å². The molecule has 0 amide bonds. The zero-order valence-corrected chi connectivity index (χ0v) is 18.5. The van der Waals surface area contributed by atoms with Gasteiger partial charge in [0.2, 0.25) is 0 Å². The lowest BCUT2D eigenvalue weighted by Gasteiger charge is -2.18. The highest BCUT2D eigenvalue weighted by Crippen LogP contribution is 2.32. The molecule has 3 heteroatoms. The topological polar surface area (TPSA) is 6.48 Å². The second-order valence-electron chi connectivity index (χ2n) is 9.38. The molecule has 2 aromatic carbocycles. The van der Waals surface area contributed by atoms with Gasteiger partial charge in [-0.1, -0.05) is 52.0 Å². The molecule has 2 aromatic rings. The molecule has 2 aliphatic rings. The first-order valence-electron chi connectivity index (χ1n) is 11.3. The molecule has 0 saturated heterocycles. The second-order valence-corrected chi connectivity index (χ2v) is 9.38. The van der Waals surface area contributed by atoms with Gasteiger partial charge in [-0.3, -0.25) is 9.80 Å². The summed E-state index contributed by atoms with van der Waals surface area (Å²) in [4.78, 5) is 4.91. The number of fused-ring (bicyclic) bond motifs is 2. The molecular weight excluding hydrogens is 359 g/mol. The van der Waals surface area contributed by atoms with Crippen molar-refractivity contribution in [3.8, 4) is 0 Å². The molecule has 0 spiro atoms. The van der Waals surface area contributed by atoms with Gasteiger partial charge in [-0.05, 0) is 77.2 Å². The number of hydrogen-bond donors (Lipinski definition) is 0. The molecular formula is C26H35FN2. The Morgan fingerprint density at radius 2 is 1.52 bits per heavy atom. The van der Waals surface area contributed by atoms with Crippen LogP contribution in [0.5, 0.6) is 0 Å². The molecule has 0 N–H and O–H groups in total. The molecule has 4 rings (SSSR count). The largest absolute Gasteiger partial charge is 0.295 e. The Morgan fingerprint density at radius 1 is 0.862 bits per heavy atom. The Bertz CT molecular complexity index is 873. The van der Waals surface area contributed by atoms with Gasteiger partial charge in [0.05, 0.1) is 0 Å². The minimum atomic E-state index is -0.0102. The van der Waals surface area contributed by atoms with E-state index in [0.717, 1.165) is 57.7 Å². The van der Waals surface area contributed by atoms with Crippen LogP contribution in [0.2, 0.25) is 0 Å². The molecule has 2 aliphatic heterocycles. The van der Waals surface area contributed by atoms with Gasteiger partial charge in [-0.25, -0.2) is 4.39 Å². The first-order valence-corrected chi connectivity index (χ1v) is 11.3. The van der Waals surface area contributed by atoms with Crippen molar-refractivity contribution < 1.29 is 4.39 Å². The van der Waals surface area contributed by atoms with Gasteiger partial charge in [0, 0.05) is 26.2 Å². The summed E-state index contributed by atoms with van der Waals surface area (Å²) in [5.41, 5.74) is 7.82. The van der Waals surface area contributed by atoms with Gasteiger partial charge in [-0.2, -0.15) is 0 Å². The lowest BCUT2D eigenvalue weighted by Crippen LogP contribution is -2.18. The molecule has 0 bridgehead atoms. The zero-order valence-electron chi connectivity index (χ0n) is 18.5. The van der Waals surface area contributed by atoms with Crippen LogP contribution in [0, 0.1) is 5.82 Å². The van der Waals surface area contributed by atoms with Gasteiger partial charge >= 0.3 is 0 Å². The van der Waals surface area contributed by atoms with Crippen molar-refractivity contribution in [2.24, 2.45) is 0 Å². The van der Waals surface area contributed by atoms with Gasteiger partial charge in [0.25, 0.3) is 0 Å². The molecule has 1 unspecified atom stereocenters. The lowest BCUT2D eigenvalue weighted by atomic mass is 9.93. The summed E-state index contributed by atoms with van der Waals surface area (Å²) < 4.78 is 14.7. The summed E-state index contributed by atoms with van der Waals surface area (Å²) in [7, 11) is 0. The molecule has 0 saturated carbocycles. The van der Waals surface area contributed by atoms with Gasteiger partial charge in [0.1, 0.15) is 5.82 Å². The fourth-order valence-corrected chi connectivity index (χ4v) is 4.89. The van der Waals surface area contributed by atoms with Gasteiger partial charge in [0.15, 0.2) is 0 Å². The lowest BCUT2D eigenvalue weighted by molar-refractivity contribution is 0.275. The predicted octanol–water partition coefficient (Wildman–Crippen LogP) is 6.18. The number of halogens is 1. The van der Waals surface area contributed by atoms with E-state index in [9.17, 15) is 4.39 Å². The molecule has 2 heterocycles. The normalized spacial score (nSPS) is 17.7. The van der Waals surface area contributed by atoms with E-state index in [1.165, 1.54) is 27.8 Å². The molecule has 2 nitrogen and oxygen atoms in total. The van der Waals surface area contributed by atoms with Crippen LogP contribution in [-0.4, -0.2) is 22.9 Å². The number of nitrogens with zero attached hydrogens (tertiary/aromatic N) is 2. The molecule has 0 aliphatic carbocycles. The van der Waals surface area contributed by atoms with Crippen LogP contribution in [0.1, 0.15) is 85.8 Å². The Labute approximate surface area is 175 Å². The van der Waals surface area contributed by atoms with E-state index in [0.29, 0.717) is 5.92 Å². The second kappa shape index (κ2) is 8.57. The molecule has 0 radical (unpaired) electrons. The van der Waals surface area contributed by atoms with Gasteiger partial charge < -0.3 is 0 Å². The molecule has 1 atom stereocenters. The van der Waals surface area contributed by atoms with Crippen LogP contribution in [0.25, 0.3) is 0 Å². The van der Waals surface area contributed by atoms with Gasteiger partial charge in [-0.15, -0.1) is 0 Å². The van der Waals surface area contributed by atoms with Crippen molar-refractivity contribution in [3.63, 3.8) is 0 Å². The van der Waals surface area contributed by atoms with Crippen LogP contribution in [-0.2, 0) is 26.2 Å². The maximum Gasteiger partial charge on any atom is 0.127 e. The summed E-state index contributed by atoms with van der Waals surface area (Å²) >= 11 is 0. The minimum absolute atomic E-state index is 0.0102. The van der Waals surface area contributed by atoms with E-state index in [-0.39, 0.29) is 11.7 Å². The summed E-state index contributed by atoms with van der Waals surface area (Å²) in [5, 5.41) is 0. The Morgan fingerprint density at radius 3 is 2.24 bits per heavy atom. The third-order valence-electron chi connectivity index (χ3n) is 6.88. The first kappa shape index (κ1) is 20.6. The van der Waals surface area contributed by atoms with Crippen molar-refractivity contribution in [2.75, 3.05) is 13.1 Å². The van der Waals surface area contributed by atoms with E-state index in [1.54, 1.807) is 6.07 Å². The molecule has 156 valence electrons. The van der Waals surface area contributed by atoms with E-state index >= 15 is 0 Å². The van der Waals surface area contributed by atoms with E-state index < -0.39 is 0 Å². The van der Waals surface area contributed by atoms with E-state index in [4.69, 9.17) is 0 Å². The van der Waals surface area contributed by atoms with Crippen LogP contribution < -0.4 is 0 Å². The average Bonchev–Trinajstić information content (AvgIpc) is 3.28. The number of benzene rings is 2. The monoisotopic (exact) mass is 394 g/mol. The van der Waals surface area contributed by atoms with Crippen molar-refractivity contribution in [1.82, 2.24) is 9.80 Å². The van der Waals surface area contributed by atoms with Crippen LogP contribution >= 0.6 is 0 Å². The Kier molecular flexibility index (Phi) is 6.08. The molecule has 29 heavy (non-hydrogen) atoms. The smallest absolute Gasteiger partial charge is 0.127 e. The third kappa shape index (κ3) is 4.41. The average molecular weight is 395 g/mol. The third-order valence-corrected chi connectivity index (χ3v) is 6.88. The number of rotatable bonds is 7. The standard InChI is InChI=1S/C26H35FN2/c1-5-28-15-23-12-25(26(27)13-24(23)16-28)19(4)7-6-10-29-14-21-9-8-20(18(2)3)11-22(21)17-29/h8-9,11-13,18-19H,5-7,10,14-17H2,1-4H3. The van der Waals surface area contributed by atoms with E-state index in [2.05, 4.69) is 61.8 Å². The fourth-order valence-electron chi connectivity index (χ4n) is 4.89. The predicted molar refractivity (Wildman–Crippen MR) is 118 cm³/mol. The Hall–Kier alpha value is -1.71. The van der Waals surface area contributed by atoms with Crippen molar-refractivity contribution in [1.29, 1.82) is 0 Å². The van der Waals surface area contributed by atoms with Crippen LogP contribution in [0.4, 0.5) is 4.39 Å². The minimum Gasteiger partial charge on any atom is -0.295 e. The SMILES string of the molecule is CCN1Cc2cc(F)c(C(C)CCCN3Cc4ccc(C(C)C)cc4C3)cc2C1. The maximum absolute atomic E-state index is 14.7. The summed E-state index contributed by atoms with van der Waals surface area (Å²) in [6.07, 6.45) is 2.15.